The van der Waals surface area contributed by atoms with E-state index in [1.54, 1.807) is 0 Å². The smallest absolute Gasteiger partial charge is 0.150 e. The van der Waals surface area contributed by atoms with Gasteiger partial charge in [-0.15, -0.1) is 23.5 Å². The molecule has 0 saturated carbocycles. The molecule has 18 heavy (non-hydrogen) atoms. The Labute approximate surface area is 116 Å². The molecule has 0 N–H and O–H groups in total. The summed E-state index contributed by atoms with van der Waals surface area (Å²) < 4.78 is 14.0. The fourth-order valence-corrected chi connectivity index (χ4v) is 2.91. The third-order valence-electron chi connectivity index (χ3n) is 2.83. The van der Waals surface area contributed by atoms with Gasteiger partial charge in [0.25, 0.3) is 0 Å². The van der Waals surface area contributed by atoms with Crippen molar-refractivity contribution in [2.24, 2.45) is 0 Å². The Morgan fingerprint density at radius 3 is 1.78 bits per heavy atom. The maximum atomic E-state index is 14.0. The molecule has 2 aromatic carbocycles. The standard InChI is InChI=1S/C15H15FS2/c1-10-4-6-11(7-5-10)12-8-13(17-2)15(16)14(9-12)18-3/h4-9H,1-3H3. The molecule has 0 aromatic heterocycles. The van der Waals surface area contributed by atoms with Crippen LogP contribution < -0.4 is 0 Å². The van der Waals surface area contributed by atoms with Crippen molar-refractivity contribution in [1.82, 2.24) is 0 Å². The van der Waals surface area contributed by atoms with Gasteiger partial charge in [0.1, 0.15) is 5.82 Å². The molecule has 3 heteroatoms. The zero-order valence-corrected chi connectivity index (χ0v) is 12.3. The van der Waals surface area contributed by atoms with E-state index in [4.69, 9.17) is 0 Å². The van der Waals surface area contributed by atoms with Crippen LogP contribution in [0.3, 0.4) is 0 Å². The second-order valence-electron chi connectivity index (χ2n) is 4.06. The summed E-state index contributed by atoms with van der Waals surface area (Å²) in [6, 6.07) is 12.2. The summed E-state index contributed by atoms with van der Waals surface area (Å²) >= 11 is 2.90. The summed E-state index contributed by atoms with van der Waals surface area (Å²) in [6.07, 6.45) is 3.81. The fraction of sp³-hybridized carbons (Fsp3) is 0.200. The average molecular weight is 278 g/mol. The molecule has 0 aliphatic rings. The van der Waals surface area contributed by atoms with Crippen LogP contribution in [-0.2, 0) is 0 Å². The van der Waals surface area contributed by atoms with E-state index in [0.717, 1.165) is 11.1 Å². The molecule has 0 radical (unpaired) electrons. The van der Waals surface area contributed by atoms with Crippen molar-refractivity contribution in [2.45, 2.75) is 16.7 Å². The predicted molar refractivity (Wildman–Crippen MR) is 80.1 cm³/mol. The normalized spacial score (nSPS) is 10.7. The number of hydrogen-bond acceptors (Lipinski definition) is 2. The van der Waals surface area contributed by atoms with Crippen LogP contribution in [0.25, 0.3) is 11.1 Å². The van der Waals surface area contributed by atoms with E-state index in [2.05, 4.69) is 31.2 Å². The molecule has 0 saturated heterocycles. The monoisotopic (exact) mass is 278 g/mol. The van der Waals surface area contributed by atoms with Gasteiger partial charge in [-0.05, 0) is 42.7 Å². The lowest BCUT2D eigenvalue weighted by atomic mass is 10.0. The second kappa shape index (κ2) is 5.81. The van der Waals surface area contributed by atoms with Crippen molar-refractivity contribution >= 4 is 23.5 Å². The van der Waals surface area contributed by atoms with Crippen LogP contribution in [0.4, 0.5) is 4.39 Å². The van der Waals surface area contributed by atoms with Crippen LogP contribution in [0.5, 0.6) is 0 Å². The summed E-state index contributed by atoms with van der Waals surface area (Å²) in [4.78, 5) is 1.41. The molecule has 0 amide bonds. The third kappa shape index (κ3) is 2.73. The molecule has 0 unspecified atom stereocenters. The lowest BCUT2D eigenvalue weighted by molar-refractivity contribution is 0.576. The van der Waals surface area contributed by atoms with Gasteiger partial charge in [0.15, 0.2) is 0 Å². The van der Waals surface area contributed by atoms with Crippen molar-refractivity contribution in [3.8, 4) is 11.1 Å². The van der Waals surface area contributed by atoms with E-state index < -0.39 is 0 Å². The molecule has 2 aromatic rings. The molecule has 0 fully saturated rings. The number of aryl methyl sites for hydroxylation is 1. The Balaban J connectivity index is 2.54. The Morgan fingerprint density at radius 2 is 1.33 bits per heavy atom. The minimum absolute atomic E-state index is 0.106. The van der Waals surface area contributed by atoms with Gasteiger partial charge < -0.3 is 0 Å². The highest BCUT2D eigenvalue weighted by atomic mass is 32.2. The molecule has 0 aliphatic carbocycles. The van der Waals surface area contributed by atoms with E-state index in [1.165, 1.54) is 29.1 Å². The van der Waals surface area contributed by atoms with E-state index in [0.29, 0.717) is 9.79 Å². The van der Waals surface area contributed by atoms with Crippen molar-refractivity contribution < 1.29 is 4.39 Å². The van der Waals surface area contributed by atoms with E-state index in [9.17, 15) is 4.39 Å². The zero-order chi connectivity index (χ0) is 13.1. The lowest BCUT2D eigenvalue weighted by Gasteiger charge is -2.09. The van der Waals surface area contributed by atoms with Gasteiger partial charge in [-0.1, -0.05) is 29.8 Å². The largest absolute Gasteiger partial charge is 0.205 e. The first kappa shape index (κ1) is 13.5. The first-order chi connectivity index (χ1) is 8.65. The number of hydrogen-bond donors (Lipinski definition) is 0. The van der Waals surface area contributed by atoms with Crippen LogP contribution >= 0.6 is 23.5 Å². The van der Waals surface area contributed by atoms with E-state index >= 15 is 0 Å². The zero-order valence-electron chi connectivity index (χ0n) is 10.7. The average Bonchev–Trinajstić information content (AvgIpc) is 2.40. The summed E-state index contributed by atoms with van der Waals surface area (Å²) in [5.41, 5.74) is 3.44. The van der Waals surface area contributed by atoms with Crippen molar-refractivity contribution in [2.75, 3.05) is 12.5 Å². The van der Waals surface area contributed by atoms with Crippen molar-refractivity contribution in [3.05, 3.63) is 47.8 Å². The van der Waals surface area contributed by atoms with Crippen LogP contribution in [0.2, 0.25) is 0 Å². The number of benzene rings is 2. The van der Waals surface area contributed by atoms with Crippen LogP contribution in [0, 0.1) is 12.7 Å². The molecule has 0 aliphatic heterocycles. The molecule has 94 valence electrons. The third-order valence-corrected chi connectivity index (χ3v) is 4.30. The Kier molecular flexibility index (Phi) is 4.36. The summed E-state index contributed by atoms with van der Waals surface area (Å²) in [5.74, 6) is -0.106. The highest BCUT2D eigenvalue weighted by Gasteiger charge is 2.10. The summed E-state index contributed by atoms with van der Waals surface area (Å²) in [7, 11) is 0. The molecule has 0 spiro atoms. The van der Waals surface area contributed by atoms with Crippen LogP contribution in [-0.4, -0.2) is 12.5 Å². The first-order valence-electron chi connectivity index (χ1n) is 5.64. The van der Waals surface area contributed by atoms with Crippen LogP contribution in [0.15, 0.2) is 46.2 Å². The minimum Gasteiger partial charge on any atom is -0.205 e. The van der Waals surface area contributed by atoms with E-state index in [-0.39, 0.29) is 5.82 Å². The maximum absolute atomic E-state index is 14.0. The van der Waals surface area contributed by atoms with Gasteiger partial charge in [-0.3, -0.25) is 0 Å². The minimum atomic E-state index is -0.106. The molecular weight excluding hydrogens is 263 g/mol. The topological polar surface area (TPSA) is 0 Å². The number of rotatable bonds is 3. The van der Waals surface area contributed by atoms with Gasteiger partial charge in [-0.25, -0.2) is 4.39 Å². The number of thioether (sulfide) groups is 2. The highest BCUT2D eigenvalue weighted by Crippen LogP contribution is 2.33. The SMILES string of the molecule is CSc1cc(-c2ccc(C)cc2)cc(SC)c1F. The van der Waals surface area contributed by atoms with Gasteiger partial charge in [0.05, 0.1) is 0 Å². The molecule has 0 nitrogen and oxygen atoms in total. The van der Waals surface area contributed by atoms with Crippen molar-refractivity contribution in [3.63, 3.8) is 0 Å². The molecule has 0 heterocycles. The van der Waals surface area contributed by atoms with Gasteiger partial charge in [0, 0.05) is 9.79 Å². The number of halogens is 1. The quantitative estimate of drug-likeness (QED) is 0.704. The molecule has 0 atom stereocenters. The summed E-state index contributed by atoms with van der Waals surface area (Å²) in [5, 5.41) is 0. The van der Waals surface area contributed by atoms with Gasteiger partial charge >= 0.3 is 0 Å². The van der Waals surface area contributed by atoms with Crippen molar-refractivity contribution in [1.29, 1.82) is 0 Å². The van der Waals surface area contributed by atoms with Gasteiger partial charge in [0.2, 0.25) is 0 Å². The Morgan fingerprint density at radius 1 is 0.833 bits per heavy atom. The fourth-order valence-electron chi connectivity index (χ4n) is 1.78. The highest BCUT2D eigenvalue weighted by molar-refractivity contribution is 7.99. The van der Waals surface area contributed by atoms with Gasteiger partial charge in [-0.2, -0.15) is 0 Å². The molecule has 2 rings (SSSR count). The predicted octanol–water partition coefficient (Wildman–Crippen LogP) is 5.24. The maximum Gasteiger partial charge on any atom is 0.150 e. The molecule has 0 bridgehead atoms. The summed E-state index contributed by atoms with van der Waals surface area (Å²) in [6.45, 7) is 2.06. The van der Waals surface area contributed by atoms with Crippen LogP contribution in [0.1, 0.15) is 5.56 Å². The first-order valence-corrected chi connectivity index (χ1v) is 8.09. The van der Waals surface area contributed by atoms with E-state index in [1.807, 2.05) is 24.6 Å². The second-order valence-corrected chi connectivity index (χ2v) is 5.76. The molecular formula is C15H15FS2. The lowest BCUT2D eigenvalue weighted by Crippen LogP contribution is -1.88. The Bertz CT molecular complexity index is 522. The Hall–Kier alpha value is -0.930.